The van der Waals surface area contributed by atoms with Crippen LogP contribution >= 0.6 is 11.3 Å². The Morgan fingerprint density at radius 3 is 2.96 bits per heavy atom. The van der Waals surface area contributed by atoms with Crippen LogP contribution in [-0.2, 0) is 12.8 Å². The van der Waals surface area contributed by atoms with Crippen molar-refractivity contribution in [2.45, 2.75) is 38.7 Å². The molecule has 0 aliphatic heterocycles. The van der Waals surface area contributed by atoms with Crippen LogP contribution in [-0.4, -0.2) is 32.7 Å². The number of pyridine rings is 1. The van der Waals surface area contributed by atoms with Crippen LogP contribution in [0.3, 0.4) is 0 Å². The molecule has 24 heavy (non-hydrogen) atoms. The summed E-state index contributed by atoms with van der Waals surface area (Å²) >= 11 is 1.78. The molecule has 6 heteroatoms. The van der Waals surface area contributed by atoms with Crippen molar-refractivity contribution in [1.29, 1.82) is 0 Å². The molecule has 0 fully saturated rings. The summed E-state index contributed by atoms with van der Waals surface area (Å²) in [5.74, 6) is 1.52. The smallest absolute Gasteiger partial charge is 0.164 e. The molecule has 0 bridgehead atoms. The molecule has 0 saturated heterocycles. The first-order valence-corrected chi connectivity index (χ1v) is 9.18. The Labute approximate surface area is 144 Å². The van der Waals surface area contributed by atoms with Crippen molar-refractivity contribution in [3.63, 3.8) is 0 Å². The number of hydrogen-bond donors (Lipinski definition) is 2. The number of nitrogens with one attached hydrogen (secondary N) is 1. The average Bonchev–Trinajstić information content (AvgIpc) is 2.99. The van der Waals surface area contributed by atoms with Crippen LogP contribution in [0.1, 0.15) is 30.2 Å². The average molecular weight is 340 g/mol. The lowest BCUT2D eigenvalue weighted by atomic mass is 9.97. The summed E-state index contributed by atoms with van der Waals surface area (Å²) in [6.45, 7) is 2.25. The zero-order chi connectivity index (χ0) is 16.5. The maximum Gasteiger partial charge on any atom is 0.164 e. The number of aliphatic hydroxyl groups is 1. The third kappa shape index (κ3) is 2.87. The predicted molar refractivity (Wildman–Crippen MR) is 97.5 cm³/mol. The third-order valence-corrected chi connectivity index (χ3v) is 5.49. The Morgan fingerprint density at radius 1 is 1.29 bits per heavy atom. The maximum atomic E-state index is 9.65. The van der Waals surface area contributed by atoms with Crippen molar-refractivity contribution < 1.29 is 5.11 Å². The number of nitrogens with zero attached hydrogens (tertiary/aromatic N) is 3. The van der Waals surface area contributed by atoms with E-state index in [4.69, 9.17) is 9.97 Å². The predicted octanol–water partition coefficient (Wildman–Crippen LogP) is 3.42. The first-order valence-electron chi connectivity index (χ1n) is 8.37. The molecule has 124 valence electrons. The topological polar surface area (TPSA) is 70.9 Å². The summed E-state index contributed by atoms with van der Waals surface area (Å²) in [5.41, 5.74) is 2.30. The van der Waals surface area contributed by atoms with Gasteiger partial charge in [-0.1, -0.05) is 0 Å². The van der Waals surface area contributed by atoms with Gasteiger partial charge < -0.3 is 10.4 Å². The summed E-state index contributed by atoms with van der Waals surface area (Å²) in [4.78, 5) is 16.2. The lowest BCUT2D eigenvalue weighted by molar-refractivity contribution is 0.208. The van der Waals surface area contributed by atoms with Gasteiger partial charge in [0.1, 0.15) is 10.6 Å². The highest BCUT2D eigenvalue weighted by Crippen LogP contribution is 2.39. The minimum atomic E-state index is -0.425. The number of hydrogen-bond acceptors (Lipinski definition) is 6. The fraction of sp³-hybridized carbons (Fsp3) is 0.389. The van der Waals surface area contributed by atoms with Crippen LogP contribution in [0.5, 0.6) is 0 Å². The summed E-state index contributed by atoms with van der Waals surface area (Å²) in [6.07, 6.45) is 7.80. The number of anilines is 1. The van der Waals surface area contributed by atoms with Gasteiger partial charge in [-0.25, -0.2) is 9.97 Å². The molecule has 0 aromatic carbocycles. The highest BCUT2D eigenvalue weighted by Gasteiger charge is 2.21. The molecule has 1 atom stereocenters. The van der Waals surface area contributed by atoms with Gasteiger partial charge in [-0.3, -0.25) is 4.98 Å². The van der Waals surface area contributed by atoms with Crippen LogP contribution in [0.25, 0.3) is 21.6 Å². The van der Waals surface area contributed by atoms with Gasteiger partial charge >= 0.3 is 0 Å². The second kappa shape index (κ2) is 6.45. The Bertz CT molecular complexity index is 860. The lowest BCUT2D eigenvalue weighted by Gasteiger charge is -2.14. The molecule has 1 aliphatic rings. The van der Waals surface area contributed by atoms with E-state index in [1.807, 2.05) is 12.1 Å². The van der Waals surface area contributed by atoms with E-state index in [2.05, 4.69) is 10.3 Å². The van der Waals surface area contributed by atoms with Crippen LogP contribution in [0.2, 0.25) is 0 Å². The Balaban J connectivity index is 1.88. The largest absolute Gasteiger partial charge is 0.392 e. The first kappa shape index (κ1) is 15.5. The second-order valence-corrected chi connectivity index (χ2v) is 7.34. The fourth-order valence-electron chi connectivity index (χ4n) is 3.15. The van der Waals surface area contributed by atoms with E-state index in [0.29, 0.717) is 12.4 Å². The summed E-state index contributed by atoms with van der Waals surface area (Å²) < 4.78 is 0. The number of rotatable bonds is 4. The summed E-state index contributed by atoms with van der Waals surface area (Å²) in [6, 6.07) is 3.87. The van der Waals surface area contributed by atoms with Gasteiger partial charge in [-0.05, 0) is 50.3 Å². The van der Waals surface area contributed by atoms with E-state index in [0.717, 1.165) is 34.4 Å². The molecular formula is C18H20N4OS. The quantitative estimate of drug-likeness (QED) is 0.761. The number of fused-ring (bicyclic) bond motifs is 3. The third-order valence-electron chi connectivity index (χ3n) is 4.30. The second-order valence-electron chi connectivity index (χ2n) is 6.26. The SMILES string of the molecule is C[C@@H](O)CNc1nc(-c2cccnc2)nc2sc3c(c12)CCCC3. The highest BCUT2D eigenvalue weighted by molar-refractivity contribution is 7.19. The molecule has 0 spiro atoms. The molecule has 1 aliphatic carbocycles. The number of thiophene rings is 1. The van der Waals surface area contributed by atoms with Crippen molar-refractivity contribution in [3.8, 4) is 11.4 Å². The number of aryl methyl sites for hydroxylation is 2. The molecule has 0 saturated carbocycles. The van der Waals surface area contributed by atoms with E-state index >= 15 is 0 Å². The molecule has 3 heterocycles. The number of aromatic nitrogens is 3. The van der Waals surface area contributed by atoms with Gasteiger partial charge in [-0.15, -0.1) is 11.3 Å². The van der Waals surface area contributed by atoms with Gasteiger partial charge in [0.2, 0.25) is 0 Å². The molecule has 3 aromatic rings. The highest BCUT2D eigenvalue weighted by atomic mass is 32.1. The maximum absolute atomic E-state index is 9.65. The van der Waals surface area contributed by atoms with E-state index in [1.54, 1.807) is 30.7 Å². The zero-order valence-corrected chi connectivity index (χ0v) is 14.4. The molecule has 3 aromatic heterocycles. The standard InChI is InChI=1S/C18H20N4OS/c1-11(23)9-20-17-15-13-6-2-3-7-14(13)24-18(15)22-16(21-17)12-5-4-8-19-10-12/h4-5,8,10-11,23H,2-3,6-7,9H2,1H3,(H,20,21,22)/t11-/m1/s1. The van der Waals surface area contributed by atoms with Crippen LogP contribution in [0, 0.1) is 0 Å². The van der Waals surface area contributed by atoms with E-state index in [-0.39, 0.29) is 0 Å². The van der Waals surface area contributed by atoms with E-state index in [1.165, 1.54) is 23.3 Å². The van der Waals surface area contributed by atoms with E-state index < -0.39 is 6.10 Å². The van der Waals surface area contributed by atoms with Crippen LogP contribution in [0.15, 0.2) is 24.5 Å². The van der Waals surface area contributed by atoms with Crippen LogP contribution < -0.4 is 5.32 Å². The summed E-state index contributed by atoms with van der Waals surface area (Å²) in [7, 11) is 0. The molecular weight excluding hydrogens is 320 g/mol. The Morgan fingerprint density at radius 2 is 2.17 bits per heavy atom. The van der Waals surface area contributed by atoms with Crippen molar-refractivity contribution in [2.75, 3.05) is 11.9 Å². The minimum Gasteiger partial charge on any atom is -0.392 e. The van der Waals surface area contributed by atoms with Gasteiger partial charge in [0.25, 0.3) is 0 Å². The molecule has 0 amide bonds. The Hall–Kier alpha value is -2.05. The molecule has 5 nitrogen and oxygen atoms in total. The monoisotopic (exact) mass is 340 g/mol. The van der Waals surface area contributed by atoms with Gasteiger partial charge in [0.05, 0.1) is 11.5 Å². The molecule has 2 N–H and O–H groups in total. The summed E-state index contributed by atoms with van der Waals surface area (Å²) in [5, 5.41) is 14.1. The van der Waals surface area contributed by atoms with Crippen molar-refractivity contribution in [3.05, 3.63) is 35.0 Å². The molecule has 4 rings (SSSR count). The lowest BCUT2D eigenvalue weighted by Crippen LogP contribution is -2.16. The van der Waals surface area contributed by atoms with Crippen LogP contribution in [0.4, 0.5) is 5.82 Å². The minimum absolute atomic E-state index is 0.425. The van der Waals surface area contributed by atoms with Gasteiger partial charge in [-0.2, -0.15) is 0 Å². The van der Waals surface area contributed by atoms with Crippen molar-refractivity contribution in [2.24, 2.45) is 0 Å². The van der Waals surface area contributed by atoms with Gasteiger partial charge in [0.15, 0.2) is 5.82 Å². The zero-order valence-electron chi connectivity index (χ0n) is 13.6. The van der Waals surface area contributed by atoms with Gasteiger partial charge in [0, 0.05) is 29.4 Å². The van der Waals surface area contributed by atoms with Crippen molar-refractivity contribution >= 4 is 27.4 Å². The Kier molecular flexibility index (Phi) is 4.16. The van der Waals surface area contributed by atoms with E-state index in [9.17, 15) is 5.11 Å². The molecule has 0 radical (unpaired) electrons. The molecule has 0 unspecified atom stereocenters. The normalized spacial score (nSPS) is 15.2. The number of aliphatic hydroxyl groups excluding tert-OH is 1. The van der Waals surface area contributed by atoms with Crippen molar-refractivity contribution in [1.82, 2.24) is 15.0 Å². The first-order chi connectivity index (χ1) is 11.7. The fourth-order valence-corrected chi connectivity index (χ4v) is 4.42.